The Balaban J connectivity index is 1.87. The molecule has 0 fully saturated rings. The van der Waals surface area contributed by atoms with E-state index in [2.05, 4.69) is 44.8 Å². The molecule has 0 atom stereocenters. The van der Waals surface area contributed by atoms with Crippen molar-refractivity contribution in [3.05, 3.63) is 59.7 Å². The van der Waals surface area contributed by atoms with E-state index in [1.165, 1.54) is 16.8 Å². The minimum atomic E-state index is 0.710. The first-order valence-electron chi connectivity index (χ1n) is 7.96. The lowest BCUT2D eigenvalue weighted by molar-refractivity contribution is 0.414. The molecule has 2 aromatic carbocycles. The van der Waals surface area contributed by atoms with Gasteiger partial charge in [-0.2, -0.15) is 0 Å². The Morgan fingerprint density at radius 1 is 1.00 bits per heavy atom. The van der Waals surface area contributed by atoms with Crippen molar-refractivity contribution < 1.29 is 4.74 Å². The van der Waals surface area contributed by atoms with E-state index in [0.717, 1.165) is 18.3 Å². The first-order chi connectivity index (χ1) is 11.6. The normalized spacial score (nSPS) is 11.1. The van der Waals surface area contributed by atoms with Crippen molar-refractivity contribution in [3.63, 3.8) is 0 Å². The van der Waals surface area contributed by atoms with Crippen LogP contribution in [0.3, 0.4) is 0 Å². The SMILES string of the molecule is CN=C(NCc1ccc(OC)cc1)NCc1cccc(N(C)C)c1. The van der Waals surface area contributed by atoms with E-state index in [0.29, 0.717) is 6.54 Å². The maximum Gasteiger partial charge on any atom is 0.191 e. The number of hydrogen-bond acceptors (Lipinski definition) is 3. The second-order valence-electron chi connectivity index (χ2n) is 5.69. The van der Waals surface area contributed by atoms with Crippen molar-refractivity contribution in [2.75, 3.05) is 33.2 Å². The number of aliphatic imine (C=N–C) groups is 1. The lowest BCUT2D eigenvalue weighted by atomic mass is 10.2. The Morgan fingerprint density at radius 3 is 2.25 bits per heavy atom. The second-order valence-corrected chi connectivity index (χ2v) is 5.69. The number of anilines is 1. The Bertz CT molecular complexity index is 665. The van der Waals surface area contributed by atoms with Gasteiger partial charge in [-0.3, -0.25) is 4.99 Å². The molecule has 0 bridgehead atoms. The van der Waals surface area contributed by atoms with Gasteiger partial charge in [0.25, 0.3) is 0 Å². The zero-order chi connectivity index (χ0) is 17.4. The first kappa shape index (κ1) is 17.7. The van der Waals surface area contributed by atoms with Crippen LogP contribution in [0.15, 0.2) is 53.5 Å². The lowest BCUT2D eigenvalue weighted by Gasteiger charge is -2.15. The van der Waals surface area contributed by atoms with Crippen LogP contribution in [0.1, 0.15) is 11.1 Å². The third kappa shape index (κ3) is 5.19. The van der Waals surface area contributed by atoms with Crippen molar-refractivity contribution in [3.8, 4) is 5.75 Å². The van der Waals surface area contributed by atoms with Crippen LogP contribution in [0.2, 0.25) is 0 Å². The molecular formula is C19H26N4O. The Labute approximate surface area is 144 Å². The van der Waals surface area contributed by atoms with Gasteiger partial charge in [-0.1, -0.05) is 24.3 Å². The van der Waals surface area contributed by atoms with Gasteiger partial charge < -0.3 is 20.3 Å². The van der Waals surface area contributed by atoms with Gasteiger partial charge in [0.2, 0.25) is 0 Å². The first-order valence-corrected chi connectivity index (χ1v) is 7.96. The zero-order valence-corrected chi connectivity index (χ0v) is 14.8. The molecule has 2 rings (SSSR count). The summed E-state index contributed by atoms with van der Waals surface area (Å²) in [4.78, 5) is 6.37. The standard InChI is InChI=1S/C19H26N4O/c1-20-19(21-13-15-8-10-18(24-4)11-9-15)22-14-16-6-5-7-17(12-16)23(2)3/h5-12H,13-14H2,1-4H3,(H2,20,21,22). The molecule has 5 nitrogen and oxygen atoms in total. The van der Waals surface area contributed by atoms with E-state index in [-0.39, 0.29) is 0 Å². The number of methoxy groups -OCH3 is 1. The molecule has 0 spiro atoms. The Kier molecular flexibility index (Phi) is 6.49. The highest BCUT2D eigenvalue weighted by Gasteiger charge is 2.01. The molecule has 2 aromatic rings. The van der Waals surface area contributed by atoms with Crippen molar-refractivity contribution >= 4 is 11.6 Å². The maximum absolute atomic E-state index is 5.17. The predicted octanol–water partition coefficient (Wildman–Crippen LogP) is 2.63. The molecule has 5 heteroatoms. The summed E-state index contributed by atoms with van der Waals surface area (Å²) in [6.07, 6.45) is 0. The van der Waals surface area contributed by atoms with Gasteiger partial charge in [-0.05, 0) is 35.4 Å². The predicted molar refractivity (Wildman–Crippen MR) is 101 cm³/mol. The van der Waals surface area contributed by atoms with Crippen molar-refractivity contribution in [1.82, 2.24) is 10.6 Å². The fourth-order valence-corrected chi connectivity index (χ4v) is 2.28. The largest absolute Gasteiger partial charge is 0.497 e. The number of rotatable bonds is 6. The van der Waals surface area contributed by atoms with E-state index in [1.54, 1.807) is 14.2 Å². The topological polar surface area (TPSA) is 48.9 Å². The van der Waals surface area contributed by atoms with E-state index in [4.69, 9.17) is 4.74 Å². The average molecular weight is 326 g/mol. The summed E-state index contributed by atoms with van der Waals surface area (Å²) in [5, 5.41) is 6.66. The van der Waals surface area contributed by atoms with Gasteiger partial charge in [0, 0.05) is 39.9 Å². The van der Waals surface area contributed by atoms with E-state index >= 15 is 0 Å². The monoisotopic (exact) mass is 326 g/mol. The molecule has 24 heavy (non-hydrogen) atoms. The average Bonchev–Trinajstić information content (AvgIpc) is 2.62. The Morgan fingerprint density at radius 2 is 1.67 bits per heavy atom. The number of guanidine groups is 1. The molecule has 0 aliphatic carbocycles. The summed E-state index contributed by atoms with van der Waals surface area (Å²) in [6.45, 7) is 1.44. The van der Waals surface area contributed by atoms with Crippen molar-refractivity contribution in [2.24, 2.45) is 4.99 Å². The van der Waals surface area contributed by atoms with E-state index in [9.17, 15) is 0 Å². The fraction of sp³-hybridized carbons (Fsp3) is 0.316. The Hall–Kier alpha value is -2.69. The number of benzene rings is 2. The van der Waals surface area contributed by atoms with Gasteiger partial charge in [0.05, 0.1) is 7.11 Å². The number of hydrogen-bond donors (Lipinski definition) is 2. The van der Waals surface area contributed by atoms with Gasteiger partial charge in [0.1, 0.15) is 5.75 Å². The molecule has 0 aliphatic rings. The summed E-state index contributed by atoms with van der Waals surface area (Å²) in [5.41, 5.74) is 3.58. The summed E-state index contributed by atoms with van der Waals surface area (Å²) in [7, 11) is 7.54. The molecule has 0 heterocycles. The number of nitrogens with zero attached hydrogens (tertiary/aromatic N) is 2. The maximum atomic E-state index is 5.17. The molecule has 0 saturated heterocycles. The third-order valence-electron chi connectivity index (χ3n) is 3.73. The van der Waals surface area contributed by atoms with E-state index in [1.807, 2.05) is 38.4 Å². The zero-order valence-electron chi connectivity index (χ0n) is 14.8. The molecule has 0 aliphatic heterocycles. The van der Waals surface area contributed by atoms with Crippen molar-refractivity contribution in [1.29, 1.82) is 0 Å². The van der Waals surface area contributed by atoms with Crippen LogP contribution < -0.4 is 20.3 Å². The quantitative estimate of drug-likeness (QED) is 0.633. The molecule has 128 valence electrons. The molecular weight excluding hydrogens is 300 g/mol. The molecule has 0 unspecified atom stereocenters. The summed E-state index contributed by atoms with van der Waals surface area (Å²) in [5.74, 6) is 1.64. The number of ether oxygens (including phenoxy) is 1. The highest BCUT2D eigenvalue weighted by molar-refractivity contribution is 5.79. The summed E-state index contributed by atoms with van der Waals surface area (Å²) < 4.78 is 5.17. The van der Waals surface area contributed by atoms with Gasteiger partial charge in [0.15, 0.2) is 5.96 Å². The molecule has 0 aromatic heterocycles. The third-order valence-corrected chi connectivity index (χ3v) is 3.73. The van der Waals surface area contributed by atoms with Crippen LogP contribution in [-0.4, -0.2) is 34.2 Å². The van der Waals surface area contributed by atoms with Gasteiger partial charge >= 0.3 is 0 Å². The van der Waals surface area contributed by atoms with Crippen LogP contribution >= 0.6 is 0 Å². The molecule has 0 saturated carbocycles. The van der Waals surface area contributed by atoms with Crippen LogP contribution in [-0.2, 0) is 13.1 Å². The lowest BCUT2D eigenvalue weighted by Crippen LogP contribution is -2.36. The highest BCUT2D eigenvalue weighted by atomic mass is 16.5. The number of nitrogens with one attached hydrogen (secondary N) is 2. The van der Waals surface area contributed by atoms with Gasteiger partial charge in [-0.15, -0.1) is 0 Å². The van der Waals surface area contributed by atoms with Crippen LogP contribution in [0, 0.1) is 0 Å². The van der Waals surface area contributed by atoms with Crippen LogP contribution in [0.5, 0.6) is 5.75 Å². The van der Waals surface area contributed by atoms with Crippen molar-refractivity contribution in [2.45, 2.75) is 13.1 Å². The summed E-state index contributed by atoms with van der Waals surface area (Å²) >= 11 is 0. The summed E-state index contributed by atoms with van der Waals surface area (Å²) in [6, 6.07) is 16.4. The second kappa shape index (κ2) is 8.82. The van der Waals surface area contributed by atoms with E-state index < -0.39 is 0 Å². The minimum Gasteiger partial charge on any atom is -0.497 e. The van der Waals surface area contributed by atoms with Crippen LogP contribution in [0.4, 0.5) is 5.69 Å². The van der Waals surface area contributed by atoms with Gasteiger partial charge in [-0.25, -0.2) is 0 Å². The minimum absolute atomic E-state index is 0.710. The molecule has 0 amide bonds. The molecule has 2 N–H and O–H groups in total. The fourth-order valence-electron chi connectivity index (χ4n) is 2.28. The van der Waals surface area contributed by atoms with Crippen LogP contribution in [0.25, 0.3) is 0 Å². The molecule has 0 radical (unpaired) electrons. The highest BCUT2D eigenvalue weighted by Crippen LogP contribution is 2.13. The smallest absolute Gasteiger partial charge is 0.191 e.